The maximum atomic E-state index is 13.9. The van der Waals surface area contributed by atoms with Crippen LogP contribution in [0.5, 0.6) is 0 Å². The second kappa shape index (κ2) is 6.32. The third-order valence-corrected chi connectivity index (χ3v) is 11.8. The van der Waals surface area contributed by atoms with Crippen LogP contribution >= 0.6 is 0 Å². The molecule has 23 heavy (non-hydrogen) atoms. The van der Waals surface area contributed by atoms with Crippen molar-refractivity contribution in [2.75, 3.05) is 0 Å². The molecule has 130 valence electrons. The van der Waals surface area contributed by atoms with Crippen LogP contribution in [0.15, 0.2) is 18.2 Å². The standard InChI is InChI=1S/C20H33FOSi/c1-13(2)23(14(3)4,15(5)6)22-19-18-11-17(21)10-9-16(18)12-20(19,7)8/h9-11,13-15,19H,12H2,1-8H3/t19-/m0/s1. The van der Waals surface area contributed by atoms with Crippen LogP contribution in [0, 0.1) is 11.2 Å². The molecule has 1 atom stereocenters. The zero-order valence-corrected chi connectivity index (χ0v) is 17.0. The maximum absolute atomic E-state index is 13.9. The van der Waals surface area contributed by atoms with Gasteiger partial charge in [-0.1, -0.05) is 61.5 Å². The Morgan fingerprint density at radius 3 is 2.04 bits per heavy atom. The van der Waals surface area contributed by atoms with Gasteiger partial charge in [0.05, 0.1) is 6.10 Å². The Labute approximate surface area is 142 Å². The molecule has 0 saturated heterocycles. The molecule has 0 bridgehead atoms. The van der Waals surface area contributed by atoms with E-state index in [1.54, 1.807) is 12.1 Å². The van der Waals surface area contributed by atoms with Crippen LogP contribution in [0.4, 0.5) is 4.39 Å². The molecule has 2 rings (SSSR count). The van der Waals surface area contributed by atoms with Gasteiger partial charge in [-0.05, 0) is 51.7 Å². The van der Waals surface area contributed by atoms with Crippen molar-refractivity contribution in [2.45, 2.75) is 84.5 Å². The Kier molecular flexibility index (Phi) is 5.13. The van der Waals surface area contributed by atoms with Crippen molar-refractivity contribution in [3.63, 3.8) is 0 Å². The Hall–Kier alpha value is -0.673. The van der Waals surface area contributed by atoms with Gasteiger partial charge >= 0.3 is 0 Å². The van der Waals surface area contributed by atoms with Gasteiger partial charge < -0.3 is 4.43 Å². The third kappa shape index (κ3) is 3.15. The zero-order valence-electron chi connectivity index (χ0n) is 16.0. The fourth-order valence-electron chi connectivity index (χ4n) is 4.81. The molecule has 0 heterocycles. The Balaban J connectivity index is 2.50. The molecule has 0 amide bonds. The summed E-state index contributed by atoms with van der Waals surface area (Å²) in [4.78, 5) is 0. The first kappa shape index (κ1) is 18.7. The van der Waals surface area contributed by atoms with E-state index in [1.807, 2.05) is 6.07 Å². The van der Waals surface area contributed by atoms with Crippen molar-refractivity contribution in [3.8, 4) is 0 Å². The molecule has 3 heteroatoms. The lowest BCUT2D eigenvalue weighted by molar-refractivity contribution is 0.0718. The Morgan fingerprint density at radius 1 is 1.04 bits per heavy atom. The lowest BCUT2D eigenvalue weighted by Gasteiger charge is -2.46. The van der Waals surface area contributed by atoms with Gasteiger partial charge in [0, 0.05) is 0 Å². The smallest absolute Gasteiger partial charge is 0.201 e. The highest BCUT2D eigenvalue weighted by Crippen LogP contribution is 2.53. The third-order valence-electron chi connectivity index (χ3n) is 5.78. The Morgan fingerprint density at radius 2 is 1.57 bits per heavy atom. The number of benzene rings is 1. The monoisotopic (exact) mass is 336 g/mol. The van der Waals surface area contributed by atoms with Crippen molar-refractivity contribution in [2.24, 2.45) is 5.41 Å². The average Bonchev–Trinajstić information content (AvgIpc) is 2.64. The largest absolute Gasteiger partial charge is 0.409 e. The first-order valence-corrected chi connectivity index (χ1v) is 11.1. The van der Waals surface area contributed by atoms with Gasteiger partial charge in [-0.2, -0.15) is 0 Å². The predicted octanol–water partition coefficient (Wildman–Crippen LogP) is 6.64. The van der Waals surface area contributed by atoms with E-state index in [0.717, 1.165) is 12.0 Å². The summed E-state index contributed by atoms with van der Waals surface area (Å²) in [6, 6.07) is 5.23. The summed E-state index contributed by atoms with van der Waals surface area (Å²) < 4.78 is 20.9. The fraction of sp³-hybridized carbons (Fsp3) is 0.700. The summed E-state index contributed by atoms with van der Waals surface area (Å²) in [6.07, 6.45) is 0.971. The van der Waals surface area contributed by atoms with Crippen LogP contribution in [0.1, 0.15) is 72.6 Å². The number of rotatable bonds is 5. The van der Waals surface area contributed by atoms with E-state index < -0.39 is 8.32 Å². The van der Waals surface area contributed by atoms with Gasteiger partial charge in [0.2, 0.25) is 8.32 Å². The minimum atomic E-state index is -1.99. The average molecular weight is 337 g/mol. The number of hydrogen-bond donors (Lipinski definition) is 0. The van der Waals surface area contributed by atoms with Crippen molar-refractivity contribution >= 4 is 8.32 Å². The fourth-order valence-corrected chi connectivity index (χ4v) is 10.5. The van der Waals surface area contributed by atoms with E-state index in [1.165, 1.54) is 5.56 Å². The van der Waals surface area contributed by atoms with Gasteiger partial charge in [-0.3, -0.25) is 0 Å². The molecule has 1 aromatic carbocycles. The van der Waals surface area contributed by atoms with E-state index in [0.29, 0.717) is 16.6 Å². The van der Waals surface area contributed by atoms with Crippen molar-refractivity contribution in [3.05, 3.63) is 35.1 Å². The topological polar surface area (TPSA) is 9.23 Å². The molecule has 0 fully saturated rings. The van der Waals surface area contributed by atoms with E-state index in [-0.39, 0.29) is 17.3 Å². The first-order valence-electron chi connectivity index (χ1n) is 8.98. The summed E-state index contributed by atoms with van der Waals surface area (Å²) in [5, 5.41) is 0. The summed E-state index contributed by atoms with van der Waals surface area (Å²) in [7, 11) is -1.99. The van der Waals surface area contributed by atoms with Gasteiger partial charge in [0.25, 0.3) is 0 Å². The van der Waals surface area contributed by atoms with Crippen LogP contribution in [0.3, 0.4) is 0 Å². The van der Waals surface area contributed by atoms with Crippen LogP contribution < -0.4 is 0 Å². The first-order chi connectivity index (χ1) is 10.5. The van der Waals surface area contributed by atoms with Crippen LogP contribution in [-0.4, -0.2) is 8.32 Å². The minimum Gasteiger partial charge on any atom is -0.409 e. The molecule has 0 aromatic heterocycles. The second-order valence-corrected chi connectivity index (χ2v) is 14.2. The second-order valence-electron chi connectivity index (χ2n) is 8.82. The van der Waals surface area contributed by atoms with Gasteiger partial charge in [0.15, 0.2) is 0 Å². The highest BCUT2D eigenvalue weighted by Gasteiger charge is 2.51. The quantitative estimate of drug-likeness (QED) is 0.547. The van der Waals surface area contributed by atoms with Gasteiger partial charge in [-0.15, -0.1) is 0 Å². The van der Waals surface area contributed by atoms with E-state index in [9.17, 15) is 4.39 Å². The van der Waals surface area contributed by atoms with Gasteiger partial charge in [-0.25, -0.2) is 4.39 Å². The lowest BCUT2D eigenvalue weighted by atomic mass is 9.87. The minimum absolute atomic E-state index is 0.00654. The lowest BCUT2D eigenvalue weighted by Crippen LogP contribution is -2.49. The summed E-state index contributed by atoms with van der Waals surface area (Å²) in [6.45, 7) is 18.4. The van der Waals surface area contributed by atoms with E-state index in [4.69, 9.17) is 4.43 Å². The van der Waals surface area contributed by atoms with Crippen molar-refractivity contribution < 1.29 is 8.82 Å². The Bertz CT molecular complexity index is 541. The summed E-state index contributed by atoms with van der Waals surface area (Å²) in [5.74, 6) is -0.152. The zero-order chi connectivity index (χ0) is 17.6. The molecule has 0 N–H and O–H groups in total. The number of fused-ring (bicyclic) bond motifs is 1. The van der Waals surface area contributed by atoms with Gasteiger partial charge in [0.1, 0.15) is 5.82 Å². The van der Waals surface area contributed by atoms with Crippen LogP contribution in [0.2, 0.25) is 16.6 Å². The number of halogens is 1. The number of hydrogen-bond acceptors (Lipinski definition) is 1. The molecule has 0 radical (unpaired) electrons. The molecule has 0 aliphatic heterocycles. The molecule has 0 saturated carbocycles. The highest BCUT2D eigenvalue weighted by molar-refractivity contribution is 6.77. The molecule has 1 aromatic rings. The SMILES string of the molecule is CC(C)[Si](O[C@H]1c2cc(F)ccc2CC1(C)C)(C(C)C)C(C)C. The predicted molar refractivity (Wildman–Crippen MR) is 98.8 cm³/mol. The molecular formula is C20H33FOSi. The van der Waals surface area contributed by atoms with Crippen LogP contribution in [-0.2, 0) is 10.8 Å². The van der Waals surface area contributed by atoms with E-state index >= 15 is 0 Å². The molecule has 1 nitrogen and oxygen atoms in total. The van der Waals surface area contributed by atoms with Crippen LogP contribution in [0.25, 0.3) is 0 Å². The molecule has 0 spiro atoms. The summed E-state index contributed by atoms with van der Waals surface area (Å²) in [5.41, 5.74) is 3.96. The normalized spacial score (nSPS) is 20.6. The van der Waals surface area contributed by atoms with E-state index in [2.05, 4.69) is 55.4 Å². The van der Waals surface area contributed by atoms with Crippen molar-refractivity contribution in [1.82, 2.24) is 0 Å². The molecule has 0 unspecified atom stereocenters. The summed E-state index contributed by atoms with van der Waals surface area (Å²) >= 11 is 0. The molecule has 1 aliphatic rings. The molecule has 1 aliphatic carbocycles. The molecular weight excluding hydrogens is 303 g/mol. The highest BCUT2D eigenvalue weighted by atomic mass is 28.4. The van der Waals surface area contributed by atoms with Crippen molar-refractivity contribution in [1.29, 1.82) is 0 Å². The maximum Gasteiger partial charge on any atom is 0.201 e.